The molecule has 3 N–H and O–H groups in total. The third kappa shape index (κ3) is 4.81. The number of hydrogen-bond acceptors (Lipinski definition) is 3. The number of carbonyl (C=O) groups excluding carboxylic acids is 1. The molecule has 1 heterocycles. The van der Waals surface area contributed by atoms with E-state index in [0.717, 1.165) is 25.9 Å². The summed E-state index contributed by atoms with van der Waals surface area (Å²) in [6.07, 6.45) is 8.74. The van der Waals surface area contributed by atoms with E-state index in [-0.39, 0.29) is 11.9 Å². The van der Waals surface area contributed by atoms with Crippen molar-refractivity contribution in [1.82, 2.24) is 10.2 Å². The first-order valence-electron chi connectivity index (χ1n) is 9.54. The lowest BCUT2D eigenvalue weighted by Gasteiger charge is -2.23. The van der Waals surface area contributed by atoms with Crippen LogP contribution < -0.4 is 11.1 Å². The topological polar surface area (TPSA) is 58.4 Å². The summed E-state index contributed by atoms with van der Waals surface area (Å²) < 4.78 is 0. The van der Waals surface area contributed by atoms with Gasteiger partial charge < -0.3 is 11.1 Å². The Morgan fingerprint density at radius 3 is 2.42 bits per heavy atom. The summed E-state index contributed by atoms with van der Waals surface area (Å²) >= 11 is 0. The number of nitrogens with two attached hydrogens (primary N) is 1. The van der Waals surface area contributed by atoms with Crippen LogP contribution in [0.15, 0.2) is 30.3 Å². The molecule has 2 fully saturated rings. The van der Waals surface area contributed by atoms with E-state index >= 15 is 0 Å². The number of benzene rings is 1. The maximum absolute atomic E-state index is 12.4. The fraction of sp³-hybridized carbons (Fsp3) is 0.650. The first-order chi connectivity index (χ1) is 11.7. The zero-order valence-electron chi connectivity index (χ0n) is 14.6. The van der Waals surface area contributed by atoms with Crippen LogP contribution in [0, 0.1) is 0 Å². The molecule has 4 nitrogen and oxygen atoms in total. The van der Waals surface area contributed by atoms with Crippen LogP contribution in [0.5, 0.6) is 0 Å². The van der Waals surface area contributed by atoms with Gasteiger partial charge in [0, 0.05) is 31.1 Å². The summed E-state index contributed by atoms with van der Waals surface area (Å²) in [4.78, 5) is 14.6. The first kappa shape index (κ1) is 17.4. The van der Waals surface area contributed by atoms with Crippen molar-refractivity contribution in [2.24, 2.45) is 5.73 Å². The van der Waals surface area contributed by atoms with Gasteiger partial charge in [-0.2, -0.15) is 0 Å². The molecule has 3 rings (SSSR count). The molecule has 2 atom stereocenters. The Hall–Kier alpha value is -1.39. The molecule has 1 aromatic carbocycles. The molecule has 0 aromatic heterocycles. The minimum Gasteiger partial charge on any atom is -0.352 e. The molecule has 0 unspecified atom stereocenters. The van der Waals surface area contributed by atoms with E-state index in [4.69, 9.17) is 5.73 Å². The van der Waals surface area contributed by atoms with E-state index in [9.17, 15) is 4.79 Å². The Bertz CT molecular complexity index is 511. The van der Waals surface area contributed by atoms with Gasteiger partial charge in [0.1, 0.15) is 0 Å². The van der Waals surface area contributed by atoms with E-state index in [0.29, 0.717) is 18.5 Å². The summed E-state index contributed by atoms with van der Waals surface area (Å²) in [6.45, 7) is 2.16. The van der Waals surface area contributed by atoms with Crippen molar-refractivity contribution in [2.45, 2.75) is 62.9 Å². The molecule has 1 aliphatic heterocycles. The van der Waals surface area contributed by atoms with E-state index in [2.05, 4.69) is 34.5 Å². The number of carbonyl (C=O) groups is 1. The fourth-order valence-electron chi connectivity index (χ4n) is 4.17. The van der Waals surface area contributed by atoms with Gasteiger partial charge in [0.2, 0.25) is 5.91 Å². The number of rotatable bonds is 4. The van der Waals surface area contributed by atoms with Crippen LogP contribution in [0.4, 0.5) is 0 Å². The maximum atomic E-state index is 12.4. The van der Waals surface area contributed by atoms with E-state index in [1.807, 2.05) is 6.07 Å². The Kier molecular flexibility index (Phi) is 6.27. The molecule has 0 spiro atoms. The SMILES string of the molecule is N[C@@H]1CN(CC(=O)NC2CCCCCCC2)C[C@H]1c1ccccc1. The highest BCUT2D eigenvalue weighted by molar-refractivity contribution is 5.78. The molecule has 1 amide bonds. The lowest BCUT2D eigenvalue weighted by molar-refractivity contribution is -0.122. The summed E-state index contributed by atoms with van der Waals surface area (Å²) in [5.74, 6) is 0.502. The van der Waals surface area contributed by atoms with Gasteiger partial charge in [-0.05, 0) is 18.4 Å². The van der Waals surface area contributed by atoms with Gasteiger partial charge >= 0.3 is 0 Å². The molecular formula is C20H31N3O. The molecule has 4 heteroatoms. The lowest BCUT2D eigenvalue weighted by Crippen LogP contribution is -2.42. The van der Waals surface area contributed by atoms with Crippen molar-refractivity contribution in [3.05, 3.63) is 35.9 Å². The molecular weight excluding hydrogens is 298 g/mol. The molecule has 1 saturated heterocycles. The minimum atomic E-state index is 0.113. The molecule has 0 bridgehead atoms. The molecule has 132 valence electrons. The number of hydrogen-bond donors (Lipinski definition) is 2. The number of amides is 1. The van der Waals surface area contributed by atoms with Crippen molar-refractivity contribution in [3.8, 4) is 0 Å². The van der Waals surface area contributed by atoms with Crippen molar-refractivity contribution in [3.63, 3.8) is 0 Å². The fourth-order valence-corrected chi connectivity index (χ4v) is 4.17. The van der Waals surface area contributed by atoms with Crippen molar-refractivity contribution >= 4 is 5.91 Å². The molecule has 2 aliphatic rings. The monoisotopic (exact) mass is 329 g/mol. The average molecular weight is 329 g/mol. The molecule has 1 aliphatic carbocycles. The third-order valence-electron chi connectivity index (χ3n) is 5.51. The standard InChI is InChI=1S/C20H31N3O/c21-19-14-23(13-18(19)16-9-5-4-6-10-16)15-20(24)22-17-11-7-2-1-3-8-12-17/h4-6,9-10,17-19H,1-3,7-8,11-15,21H2,(H,22,24)/t18-,19+/m0/s1. The number of nitrogens with zero attached hydrogens (tertiary/aromatic N) is 1. The smallest absolute Gasteiger partial charge is 0.234 e. The zero-order chi connectivity index (χ0) is 16.8. The van der Waals surface area contributed by atoms with Crippen molar-refractivity contribution in [2.75, 3.05) is 19.6 Å². The Morgan fingerprint density at radius 1 is 1.04 bits per heavy atom. The van der Waals surface area contributed by atoms with Crippen LogP contribution in [0.3, 0.4) is 0 Å². The van der Waals surface area contributed by atoms with Gasteiger partial charge in [0.15, 0.2) is 0 Å². The maximum Gasteiger partial charge on any atom is 0.234 e. The van der Waals surface area contributed by atoms with E-state index in [1.165, 1.54) is 37.7 Å². The summed E-state index contributed by atoms with van der Waals surface area (Å²) in [5, 5.41) is 3.26. The highest BCUT2D eigenvalue weighted by Gasteiger charge is 2.32. The van der Waals surface area contributed by atoms with Crippen LogP contribution >= 0.6 is 0 Å². The van der Waals surface area contributed by atoms with Crippen LogP contribution in [-0.4, -0.2) is 42.5 Å². The van der Waals surface area contributed by atoms with Crippen molar-refractivity contribution in [1.29, 1.82) is 0 Å². The number of nitrogens with one attached hydrogen (secondary N) is 1. The zero-order valence-corrected chi connectivity index (χ0v) is 14.6. The lowest BCUT2D eigenvalue weighted by atomic mass is 9.95. The van der Waals surface area contributed by atoms with Gasteiger partial charge in [0.05, 0.1) is 6.54 Å². The summed E-state index contributed by atoms with van der Waals surface area (Å²) in [7, 11) is 0. The molecule has 0 radical (unpaired) electrons. The first-order valence-corrected chi connectivity index (χ1v) is 9.54. The molecule has 1 aromatic rings. The third-order valence-corrected chi connectivity index (χ3v) is 5.51. The average Bonchev–Trinajstić information content (AvgIpc) is 2.91. The predicted molar refractivity (Wildman–Crippen MR) is 97.8 cm³/mol. The van der Waals surface area contributed by atoms with E-state index in [1.54, 1.807) is 0 Å². The highest BCUT2D eigenvalue weighted by Crippen LogP contribution is 2.26. The normalized spacial score (nSPS) is 26.7. The summed E-state index contributed by atoms with van der Waals surface area (Å²) in [5.41, 5.74) is 7.61. The van der Waals surface area contributed by atoms with Crippen LogP contribution in [0.25, 0.3) is 0 Å². The van der Waals surface area contributed by atoms with Crippen molar-refractivity contribution < 1.29 is 4.79 Å². The van der Waals surface area contributed by atoms with Gasteiger partial charge in [-0.25, -0.2) is 0 Å². The number of likely N-dealkylation sites (tertiary alicyclic amines) is 1. The molecule has 24 heavy (non-hydrogen) atoms. The molecule has 1 saturated carbocycles. The quantitative estimate of drug-likeness (QED) is 0.893. The van der Waals surface area contributed by atoms with Gasteiger partial charge in [0.25, 0.3) is 0 Å². The van der Waals surface area contributed by atoms with Crippen LogP contribution in [0.2, 0.25) is 0 Å². The van der Waals surface area contributed by atoms with Gasteiger partial charge in [-0.1, -0.05) is 62.4 Å². The second-order valence-electron chi connectivity index (χ2n) is 7.48. The second-order valence-corrected chi connectivity index (χ2v) is 7.48. The predicted octanol–water partition coefficient (Wildman–Crippen LogP) is 2.64. The second kappa shape index (κ2) is 8.63. The Balaban J connectivity index is 1.48. The van der Waals surface area contributed by atoms with E-state index < -0.39 is 0 Å². The van der Waals surface area contributed by atoms with Gasteiger partial charge in [-0.15, -0.1) is 0 Å². The minimum absolute atomic E-state index is 0.113. The summed E-state index contributed by atoms with van der Waals surface area (Å²) in [6, 6.07) is 10.9. The van der Waals surface area contributed by atoms with Crippen LogP contribution in [0.1, 0.15) is 56.4 Å². The highest BCUT2D eigenvalue weighted by atomic mass is 16.2. The Morgan fingerprint density at radius 2 is 1.71 bits per heavy atom. The van der Waals surface area contributed by atoms with Gasteiger partial charge in [-0.3, -0.25) is 9.69 Å². The van der Waals surface area contributed by atoms with Crippen LogP contribution in [-0.2, 0) is 4.79 Å². The Labute approximate surface area is 145 Å². The largest absolute Gasteiger partial charge is 0.352 e.